The summed E-state index contributed by atoms with van der Waals surface area (Å²) in [6, 6.07) is 0.834. The van der Waals surface area contributed by atoms with Gasteiger partial charge in [-0.05, 0) is 43.9 Å². The predicted molar refractivity (Wildman–Crippen MR) is 101 cm³/mol. The molecule has 3 rings (SSSR count). The molecule has 0 bridgehead atoms. The number of hydrogen-bond acceptors (Lipinski definition) is 4. The molecule has 28 heavy (non-hydrogen) atoms. The number of amides is 1. The maximum atomic E-state index is 13.8. The first-order valence-electron chi connectivity index (χ1n) is 9.91. The van der Waals surface area contributed by atoms with E-state index in [9.17, 15) is 18.0 Å². The minimum atomic E-state index is -1.23. The van der Waals surface area contributed by atoms with Gasteiger partial charge in [0.1, 0.15) is 5.82 Å². The average molecular weight is 398 g/mol. The number of carbonyl (C=O) groups excluding carboxylic acids is 1. The largest absolute Gasteiger partial charge is 0.338 e. The molecule has 0 radical (unpaired) electrons. The van der Waals surface area contributed by atoms with Crippen molar-refractivity contribution < 1.29 is 18.0 Å². The van der Waals surface area contributed by atoms with Gasteiger partial charge in [0.2, 0.25) is 5.91 Å². The van der Waals surface area contributed by atoms with Crippen molar-refractivity contribution in [1.82, 2.24) is 15.1 Å². The van der Waals surface area contributed by atoms with Gasteiger partial charge in [0.05, 0.1) is 0 Å². The molecule has 2 unspecified atom stereocenters. The summed E-state index contributed by atoms with van der Waals surface area (Å²) in [5.41, 5.74) is 5.99. The molecule has 2 aliphatic heterocycles. The molecule has 1 amide bonds. The van der Waals surface area contributed by atoms with E-state index in [2.05, 4.69) is 17.3 Å². The standard InChI is InChI=1S/C20H29F3N4O/c1-26-11-13(12-26)9-25-10-16-3-2-4-27(16)20(28)7-15(24)5-14-6-18(22)19(23)8-17(14)21/h6,8,13,15-16,25H,2-5,7,9-12,24H2,1H3. The summed E-state index contributed by atoms with van der Waals surface area (Å²) in [7, 11) is 2.10. The Morgan fingerprint density at radius 1 is 1.21 bits per heavy atom. The molecule has 2 aliphatic rings. The molecule has 2 heterocycles. The molecule has 0 aliphatic carbocycles. The SMILES string of the molecule is CN1CC(CNCC2CCCN2C(=O)CC(N)Cc2cc(F)c(F)cc2F)C1. The highest BCUT2D eigenvalue weighted by atomic mass is 19.2. The van der Waals surface area contributed by atoms with Crippen LogP contribution in [0.5, 0.6) is 0 Å². The average Bonchev–Trinajstić information content (AvgIpc) is 3.06. The maximum absolute atomic E-state index is 13.8. The van der Waals surface area contributed by atoms with Crippen molar-refractivity contribution in [2.45, 2.75) is 37.8 Å². The van der Waals surface area contributed by atoms with Gasteiger partial charge in [-0.2, -0.15) is 0 Å². The third kappa shape index (κ3) is 5.24. The van der Waals surface area contributed by atoms with Crippen LogP contribution in [0.3, 0.4) is 0 Å². The number of nitrogens with one attached hydrogen (secondary N) is 1. The highest BCUT2D eigenvalue weighted by Gasteiger charge is 2.30. The number of nitrogens with zero attached hydrogens (tertiary/aromatic N) is 2. The smallest absolute Gasteiger partial charge is 0.224 e. The van der Waals surface area contributed by atoms with Gasteiger partial charge in [-0.25, -0.2) is 13.2 Å². The van der Waals surface area contributed by atoms with Crippen LogP contribution in [0.4, 0.5) is 13.2 Å². The Labute approximate surface area is 164 Å². The van der Waals surface area contributed by atoms with E-state index in [1.165, 1.54) is 0 Å². The molecule has 2 fully saturated rings. The zero-order valence-corrected chi connectivity index (χ0v) is 16.3. The monoisotopic (exact) mass is 398 g/mol. The Morgan fingerprint density at radius 2 is 1.93 bits per heavy atom. The minimum absolute atomic E-state index is 0.00990. The highest BCUT2D eigenvalue weighted by Crippen LogP contribution is 2.20. The summed E-state index contributed by atoms with van der Waals surface area (Å²) in [6.45, 7) is 4.63. The quantitative estimate of drug-likeness (QED) is 0.652. The molecular weight excluding hydrogens is 369 g/mol. The topological polar surface area (TPSA) is 61.6 Å². The summed E-state index contributed by atoms with van der Waals surface area (Å²) in [6.07, 6.45) is 1.96. The third-order valence-electron chi connectivity index (χ3n) is 5.66. The maximum Gasteiger partial charge on any atom is 0.224 e. The van der Waals surface area contributed by atoms with Crippen LogP contribution in [0.25, 0.3) is 0 Å². The minimum Gasteiger partial charge on any atom is -0.338 e. The van der Waals surface area contributed by atoms with Gasteiger partial charge in [0.15, 0.2) is 11.6 Å². The Bertz CT molecular complexity index is 696. The molecule has 3 N–H and O–H groups in total. The third-order valence-corrected chi connectivity index (χ3v) is 5.66. The Morgan fingerprint density at radius 3 is 2.64 bits per heavy atom. The fraction of sp³-hybridized carbons (Fsp3) is 0.650. The van der Waals surface area contributed by atoms with Crippen LogP contribution in [0.15, 0.2) is 12.1 Å². The van der Waals surface area contributed by atoms with Crippen LogP contribution in [-0.2, 0) is 11.2 Å². The molecule has 2 saturated heterocycles. The van der Waals surface area contributed by atoms with Crippen LogP contribution < -0.4 is 11.1 Å². The zero-order chi connectivity index (χ0) is 20.3. The second-order valence-electron chi connectivity index (χ2n) is 8.15. The van der Waals surface area contributed by atoms with Gasteiger partial charge in [0, 0.05) is 57.3 Å². The summed E-state index contributed by atoms with van der Waals surface area (Å²) < 4.78 is 40.1. The first-order chi connectivity index (χ1) is 13.3. The number of rotatable bonds is 8. The van der Waals surface area contributed by atoms with E-state index >= 15 is 0 Å². The number of hydrogen-bond donors (Lipinski definition) is 2. The van der Waals surface area contributed by atoms with Crippen molar-refractivity contribution in [1.29, 1.82) is 0 Å². The van der Waals surface area contributed by atoms with Crippen LogP contribution in [0.2, 0.25) is 0 Å². The zero-order valence-electron chi connectivity index (χ0n) is 16.3. The number of carbonyl (C=O) groups is 1. The number of nitrogens with two attached hydrogens (primary N) is 1. The van der Waals surface area contributed by atoms with Gasteiger partial charge in [-0.15, -0.1) is 0 Å². The van der Waals surface area contributed by atoms with Gasteiger partial charge in [-0.1, -0.05) is 0 Å². The van der Waals surface area contributed by atoms with Crippen LogP contribution >= 0.6 is 0 Å². The van der Waals surface area contributed by atoms with Crippen molar-refractivity contribution in [2.75, 3.05) is 39.8 Å². The predicted octanol–water partition coefficient (Wildman–Crippen LogP) is 1.51. The van der Waals surface area contributed by atoms with Crippen molar-refractivity contribution in [2.24, 2.45) is 11.7 Å². The van der Waals surface area contributed by atoms with E-state index < -0.39 is 23.5 Å². The molecule has 5 nitrogen and oxygen atoms in total. The molecule has 1 aromatic rings. The fourth-order valence-corrected chi connectivity index (χ4v) is 4.20. The lowest BCUT2D eigenvalue weighted by Crippen LogP contribution is -2.50. The normalized spacial score (nSPS) is 21.8. The molecular formula is C20H29F3N4O. The fourth-order valence-electron chi connectivity index (χ4n) is 4.20. The molecule has 1 aromatic carbocycles. The molecule has 0 spiro atoms. The van der Waals surface area contributed by atoms with Gasteiger partial charge in [-0.3, -0.25) is 4.79 Å². The molecule has 8 heteroatoms. The van der Waals surface area contributed by atoms with Gasteiger partial charge in [0.25, 0.3) is 0 Å². The van der Waals surface area contributed by atoms with Gasteiger partial charge < -0.3 is 20.9 Å². The van der Waals surface area contributed by atoms with E-state index in [4.69, 9.17) is 5.73 Å². The van der Waals surface area contributed by atoms with Gasteiger partial charge >= 0.3 is 0 Å². The van der Waals surface area contributed by atoms with E-state index in [-0.39, 0.29) is 30.4 Å². The van der Waals surface area contributed by atoms with E-state index in [0.717, 1.165) is 45.1 Å². The summed E-state index contributed by atoms with van der Waals surface area (Å²) in [4.78, 5) is 16.8. The number of benzene rings is 1. The van der Waals surface area contributed by atoms with Crippen molar-refractivity contribution >= 4 is 5.91 Å². The van der Waals surface area contributed by atoms with Crippen LogP contribution in [-0.4, -0.2) is 67.6 Å². The molecule has 0 aromatic heterocycles. The van der Waals surface area contributed by atoms with Crippen LogP contribution in [0, 0.1) is 23.4 Å². The summed E-state index contributed by atoms with van der Waals surface area (Å²) >= 11 is 0. The Balaban J connectivity index is 1.46. The highest BCUT2D eigenvalue weighted by molar-refractivity contribution is 5.77. The lowest BCUT2D eigenvalue weighted by Gasteiger charge is -2.36. The summed E-state index contributed by atoms with van der Waals surface area (Å²) in [5, 5.41) is 3.47. The van der Waals surface area contributed by atoms with E-state index in [1.807, 2.05) is 4.90 Å². The van der Waals surface area contributed by atoms with Crippen molar-refractivity contribution in [3.05, 3.63) is 35.1 Å². The lowest BCUT2D eigenvalue weighted by atomic mass is 10.0. The molecule has 0 saturated carbocycles. The van der Waals surface area contributed by atoms with Crippen molar-refractivity contribution in [3.63, 3.8) is 0 Å². The van der Waals surface area contributed by atoms with Crippen LogP contribution in [0.1, 0.15) is 24.8 Å². The van der Waals surface area contributed by atoms with E-state index in [0.29, 0.717) is 18.5 Å². The second-order valence-corrected chi connectivity index (χ2v) is 8.15. The van der Waals surface area contributed by atoms with Crippen molar-refractivity contribution in [3.8, 4) is 0 Å². The number of likely N-dealkylation sites (tertiary alicyclic amines) is 2. The molecule has 2 atom stereocenters. The molecule has 156 valence electrons. The Kier molecular flexibility index (Phi) is 6.95. The van der Waals surface area contributed by atoms with E-state index in [1.54, 1.807) is 0 Å². The number of halogens is 3. The lowest BCUT2D eigenvalue weighted by molar-refractivity contribution is -0.132. The first-order valence-corrected chi connectivity index (χ1v) is 9.91. The summed E-state index contributed by atoms with van der Waals surface area (Å²) in [5.74, 6) is -2.57. The Hall–Kier alpha value is -1.64. The second kappa shape index (κ2) is 9.24. The first kappa shape index (κ1) is 21.1.